The number of nitrogens with zero attached hydrogens (tertiary/aromatic N) is 2. The molecule has 1 aromatic heterocycles. The third-order valence-corrected chi connectivity index (χ3v) is 2.58. The first-order chi connectivity index (χ1) is 5.45. The topological polar surface area (TPSA) is 17.8 Å². The highest BCUT2D eigenvalue weighted by Gasteiger charge is 2.32. The molecule has 2 saturated carbocycles. The van der Waals surface area contributed by atoms with Crippen LogP contribution in [0.25, 0.3) is 0 Å². The first kappa shape index (κ1) is 5.81. The molecule has 1 aromatic rings. The quantitative estimate of drug-likeness (QED) is 0.628. The van der Waals surface area contributed by atoms with Gasteiger partial charge in [-0.15, -0.1) is 0 Å². The SMILES string of the molecule is c1cn(C2CC2)c(C2CC2)n1. The van der Waals surface area contributed by atoms with E-state index in [2.05, 4.69) is 15.7 Å². The largest absolute Gasteiger partial charge is 0.332 e. The van der Waals surface area contributed by atoms with E-state index in [4.69, 9.17) is 0 Å². The monoisotopic (exact) mass is 148 g/mol. The average molecular weight is 148 g/mol. The third kappa shape index (κ3) is 0.889. The molecule has 11 heavy (non-hydrogen) atoms. The van der Waals surface area contributed by atoms with E-state index in [0.29, 0.717) is 0 Å². The normalized spacial score (nSPS) is 24.0. The lowest BCUT2D eigenvalue weighted by molar-refractivity contribution is 0.683. The lowest BCUT2D eigenvalue weighted by Gasteiger charge is -2.02. The molecule has 2 fully saturated rings. The minimum absolute atomic E-state index is 0.811. The molecule has 0 amide bonds. The van der Waals surface area contributed by atoms with E-state index in [1.54, 1.807) is 0 Å². The molecule has 2 aliphatic carbocycles. The highest BCUT2D eigenvalue weighted by molar-refractivity contribution is 5.10. The number of rotatable bonds is 2. The van der Waals surface area contributed by atoms with Crippen LogP contribution < -0.4 is 0 Å². The molecule has 0 spiro atoms. The number of hydrogen-bond acceptors (Lipinski definition) is 1. The maximum Gasteiger partial charge on any atom is 0.112 e. The summed E-state index contributed by atoms with van der Waals surface area (Å²) in [6.07, 6.45) is 9.57. The van der Waals surface area contributed by atoms with Crippen molar-refractivity contribution in [3.05, 3.63) is 18.2 Å². The standard InChI is InChI=1S/C9H12N2/c1-2-7(1)9-10-5-6-11(9)8-3-4-8/h5-8H,1-4H2. The second-order valence-electron chi connectivity index (χ2n) is 3.70. The Labute approximate surface area is 66.2 Å². The van der Waals surface area contributed by atoms with Crippen molar-refractivity contribution in [3.8, 4) is 0 Å². The number of imidazole rings is 1. The molecule has 0 atom stereocenters. The Bertz CT molecular complexity index is 242. The molecule has 1 heterocycles. The van der Waals surface area contributed by atoms with Crippen LogP contribution in [0.2, 0.25) is 0 Å². The Morgan fingerprint density at radius 2 is 2.09 bits per heavy atom. The van der Waals surface area contributed by atoms with Crippen molar-refractivity contribution in [1.29, 1.82) is 0 Å². The van der Waals surface area contributed by atoms with Crippen molar-refractivity contribution >= 4 is 0 Å². The zero-order valence-electron chi connectivity index (χ0n) is 6.53. The van der Waals surface area contributed by atoms with Gasteiger partial charge in [-0.25, -0.2) is 4.98 Å². The predicted octanol–water partition coefficient (Wildman–Crippen LogP) is 2.10. The second-order valence-corrected chi connectivity index (χ2v) is 3.70. The molecule has 0 N–H and O–H groups in total. The Balaban J connectivity index is 1.98. The zero-order valence-corrected chi connectivity index (χ0v) is 6.53. The van der Waals surface area contributed by atoms with Gasteiger partial charge in [0.25, 0.3) is 0 Å². The van der Waals surface area contributed by atoms with E-state index < -0.39 is 0 Å². The van der Waals surface area contributed by atoms with Gasteiger partial charge in [0.2, 0.25) is 0 Å². The summed E-state index contributed by atoms with van der Waals surface area (Å²) >= 11 is 0. The predicted molar refractivity (Wildman–Crippen MR) is 42.5 cm³/mol. The molecule has 0 unspecified atom stereocenters. The molecule has 2 heteroatoms. The maximum absolute atomic E-state index is 4.40. The van der Waals surface area contributed by atoms with Crippen LogP contribution in [0.3, 0.4) is 0 Å². The van der Waals surface area contributed by atoms with Gasteiger partial charge in [0, 0.05) is 24.4 Å². The third-order valence-electron chi connectivity index (χ3n) is 2.58. The molecule has 0 bridgehead atoms. The van der Waals surface area contributed by atoms with E-state index >= 15 is 0 Å². The smallest absolute Gasteiger partial charge is 0.112 e. The van der Waals surface area contributed by atoms with Gasteiger partial charge < -0.3 is 4.57 Å². The number of aromatic nitrogens is 2. The van der Waals surface area contributed by atoms with Gasteiger partial charge in [0.15, 0.2) is 0 Å². The Kier molecular flexibility index (Phi) is 0.989. The summed E-state index contributed by atoms with van der Waals surface area (Å²) in [7, 11) is 0. The van der Waals surface area contributed by atoms with Crippen LogP contribution in [0.4, 0.5) is 0 Å². The average Bonchev–Trinajstić information content (AvgIpc) is 2.91. The fourth-order valence-electron chi connectivity index (χ4n) is 1.64. The molecular weight excluding hydrogens is 136 g/mol. The minimum Gasteiger partial charge on any atom is -0.332 e. The van der Waals surface area contributed by atoms with E-state index in [1.165, 1.54) is 31.5 Å². The molecular formula is C9H12N2. The Hall–Kier alpha value is -0.790. The lowest BCUT2D eigenvalue weighted by atomic mass is 10.4. The molecule has 3 rings (SSSR count). The highest BCUT2D eigenvalue weighted by Crippen LogP contribution is 2.43. The van der Waals surface area contributed by atoms with Gasteiger partial charge in [0.05, 0.1) is 0 Å². The van der Waals surface area contributed by atoms with Crippen LogP contribution >= 0.6 is 0 Å². The molecule has 58 valence electrons. The highest BCUT2D eigenvalue weighted by atomic mass is 15.1. The molecule has 0 radical (unpaired) electrons. The van der Waals surface area contributed by atoms with Gasteiger partial charge in [-0.3, -0.25) is 0 Å². The molecule has 0 saturated heterocycles. The summed E-state index contributed by atoms with van der Waals surface area (Å²) in [5.41, 5.74) is 0. The van der Waals surface area contributed by atoms with Crippen LogP contribution in [-0.4, -0.2) is 9.55 Å². The summed E-state index contributed by atoms with van der Waals surface area (Å²) in [6.45, 7) is 0. The van der Waals surface area contributed by atoms with Crippen LogP contribution in [0.1, 0.15) is 43.5 Å². The van der Waals surface area contributed by atoms with Gasteiger partial charge in [0.1, 0.15) is 5.82 Å². The minimum atomic E-state index is 0.811. The summed E-state index contributed by atoms with van der Waals surface area (Å²) in [5.74, 6) is 2.16. The van der Waals surface area contributed by atoms with Gasteiger partial charge in [-0.05, 0) is 25.7 Å². The molecule has 0 aromatic carbocycles. The first-order valence-electron chi connectivity index (χ1n) is 4.48. The summed E-state index contributed by atoms with van der Waals surface area (Å²) in [6, 6.07) is 0.813. The van der Waals surface area contributed by atoms with Gasteiger partial charge in [-0.2, -0.15) is 0 Å². The Morgan fingerprint density at radius 3 is 2.73 bits per heavy atom. The van der Waals surface area contributed by atoms with Gasteiger partial charge >= 0.3 is 0 Å². The van der Waals surface area contributed by atoms with Crippen molar-refractivity contribution in [2.45, 2.75) is 37.6 Å². The second kappa shape index (κ2) is 1.87. The van der Waals surface area contributed by atoms with Crippen LogP contribution in [-0.2, 0) is 0 Å². The lowest BCUT2D eigenvalue weighted by Crippen LogP contribution is -1.98. The Morgan fingerprint density at radius 1 is 1.27 bits per heavy atom. The van der Waals surface area contributed by atoms with Gasteiger partial charge in [-0.1, -0.05) is 0 Å². The van der Waals surface area contributed by atoms with E-state index in [1.807, 2.05) is 6.20 Å². The summed E-state index contributed by atoms with van der Waals surface area (Å²) in [5, 5.41) is 0. The summed E-state index contributed by atoms with van der Waals surface area (Å²) in [4.78, 5) is 4.40. The van der Waals surface area contributed by atoms with Crippen LogP contribution in [0.15, 0.2) is 12.4 Å². The fraction of sp³-hybridized carbons (Fsp3) is 0.667. The maximum atomic E-state index is 4.40. The number of hydrogen-bond donors (Lipinski definition) is 0. The zero-order chi connectivity index (χ0) is 7.26. The van der Waals surface area contributed by atoms with E-state index in [0.717, 1.165) is 12.0 Å². The van der Waals surface area contributed by atoms with Crippen LogP contribution in [0, 0.1) is 0 Å². The van der Waals surface area contributed by atoms with Crippen LogP contribution in [0.5, 0.6) is 0 Å². The van der Waals surface area contributed by atoms with Crippen molar-refractivity contribution in [2.75, 3.05) is 0 Å². The van der Waals surface area contributed by atoms with Crippen molar-refractivity contribution < 1.29 is 0 Å². The molecule has 2 nitrogen and oxygen atoms in total. The van der Waals surface area contributed by atoms with E-state index in [9.17, 15) is 0 Å². The summed E-state index contributed by atoms with van der Waals surface area (Å²) < 4.78 is 2.39. The molecule has 2 aliphatic rings. The van der Waals surface area contributed by atoms with Crippen molar-refractivity contribution in [3.63, 3.8) is 0 Å². The fourth-order valence-corrected chi connectivity index (χ4v) is 1.64. The van der Waals surface area contributed by atoms with Crippen molar-refractivity contribution in [2.24, 2.45) is 0 Å². The van der Waals surface area contributed by atoms with E-state index in [-0.39, 0.29) is 0 Å². The molecule has 0 aliphatic heterocycles. The van der Waals surface area contributed by atoms with Crippen molar-refractivity contribution in [1.82, 2.24) is 9.55 Å². The first-order valence-corrected chi connectivity index (χ1v) is 4.48.